The van der Waals surface area contributed by atoms with Crippen molar-refractivity contribution < 1.29 is 14.3 Å². The van der Waals surface area contributed by atoms with Crippen molar-refractivity contribution in [1.29, 1.82) is 5.26 Å². The van der Waals surface area contributed by atoms with Gasteiger partial charge in [-0.15, -0.1) is 0 Å². The van der Waals surface area contributed by atoms with Gasteiger partial charge >= 0.3 is 0 Å². The van der Waals surface area contributed by atoms with E-state index in [1.54, 1.807) is 24.3 Å². The Morgan fingerprint density at radius 1 is 1.22 bits per heavy atom. The molecule has 0 saturated heterocycles. The Kier molecular flexibility index (Phi) is 5.22. The van der Waals surface area contributed by atoms with Gasteiger partial charge in [-0.05, 0) is 57.5 Å². The highest BCUT2D eigenvalue weighted by Crippen LogP contribution is 2.32. The molecule has 1 N–H and O–H groups in total. The molecule has 0 spiro atoms. The van der Waals surface area contributed by atoms with Gasteiger partial charge < -0.3 is 19.4 Å². The predicted octanol–water partition coefficient (Wildman–Crippen LogP) is 4.00. The largest absolute Gasteiger partial charge is 0.486 e. The molecule has 27 heavy (non-hydrogen) atoms. The average Bonchev–Trinajstić information content (AvgIpc) is 2.92. The van der Waals surface area contributed by atoms with E-state index in [1.165, 1.54) is 0 Å². The molecule has 6 nitrogen and oxygen atoms in total. The second-order valence-corrected chi connectivity index (χ2v) is 6.77. The summed E-state index contributed by atoms with van der Waals surface area (Å²) >= 11 is 0. The molecular formula is C21H23N3O3. The summed E-state index contributed by atoms with van der Waals surface area (Å²) in [6.07, 6.45) is 1.63. The van der Waals surface area contributed by atoms with E-state index >= 15 is 0 Å². The third kappa shape index (κ3) is 3.82. The second-order valence-electron chi connectivity index (χ2n) is 6.77. The summed E-state index contributed by atoms with van der Waals surface area (Å²) < 4.78 is 13.2. The zero-order valence-corrected chi connectivity index (χ0v) is 16.0. The number of nitrogens with zero attached hydrogens (tertiary/aromatic N) is 2. The van der Waals surface area contributed by atoms with Crippen molar-refractivity contribution in [2.75, 3.05) is 18.5 Å². The van der Waals surface area contributed by atoms with Gasteiger partial charge in [-0.2, -0.15) is 5.26 Å². The standard InChI is InChI=1S/C21H23N3O3/c1-13(2)24-14(3)9-16(15(24)4)10-17(12-22)21(25)23-18-5-6-19-20(11-18)27-8-7-26-19/h5-6,9-11,13H,7-8H2,1-4H3,(H,23,25)/b17-10+. The molecule has 140 valence electrons. The SMILES string of the molecule is Cc1cc(/C=C(\C#N)C(=O)Nc2ccc3c(c2)OCCO3)c(C)n1C(C)C. The van der Waals surface area contributed by atoms with Crippen LogP contribution >= 0.6 is 0 Å². The monoisotopic (exact) mass is 365 g/mol. The zero-order chi connectivity index (χ0) is 19.6. The number of nitrogens with one attached hydrogen (secondary N) is 1. The van der Waals surface area contributed by atoms with Gasteiger partial charge in [0.1, 0.15) is 24.9 Å². The highest BCUT2D eigenvalue weighted by molar-refractivity contribution is 6.09. The summed E-state index contributed by atoms with van der Waals surface area (Å²) in [7, 11) is 0. The lowest BCUT2D eigenvalue weighted by atomic mass is 10.1. The molecule has 0 radical (unpaired) electrons. The Morgan fingerprint density at radius 3 is 2.56 bits per heavy atom. The minimum absolute atomic E-state index is 0.0499. The molecule has 0 atom stereocenters. The number of carbonyl (C=O) groups is 1. The molecule has 0 unspecified atom stereocenters. The van der Waals surface area contributed by atoms with Crippen LogP contribution < -0.4 is 14.8 Å². The maximum atomic E-state index is 12.6. The van der Waals surface area contributed by atoms with Gasteiger partial charge in [0.2, 0.25) is 0 Å². The average molecular weight is 365 g/mol. The van der Waals surface area contributed by atoms with Crippen molar-refractivity contribution in [3.63, 3.8) is 0 Å². The van der Waals surface area contributed by atoms with Crippen LogP contribution in [0.25, 0.3) is 6.08 Å². The van der Waals surface area contributed by atoms with E-state index in [2.05, 4.69) is 23.7 Å². The number of benzene rings is 1. The summed E-state index contributed by atoms with van der Waals surface area (Å²) in [5.41, 5.74) is 3.60. The number of hydrogen-bond donors (Lipinski definition) is 1. The summed E-state index contributed by atoms with van der Waals surface area (Å²) in [6.45, 7) is 9.20. The first-order chi connectivity index (χ1) is 12.9. The summed E-state index contributed by atoms with van der Waals surface area (Å²) in [4.78, 5) is 12.6. The van der Waals surface area contributed by atoms with Crippen LogP contribution in [0.4, 0.5) is 5.69 Å². The molecule has 0 aliphatic carbocycles. The predicted molar refractivity (Wildman–Crippen MR) is 104 cm³/mol. The molecule has 1 aromatic heterocycles. The number of amides is 1. The van der Waals surface area contributed by atoms with E-state index in [0.717, 1.165) is 17.0 Å². The number of carbonyl (C=O) groups excluding carboxylic acids is 1. The van der Waals surface area contributed by atoms with E-state index in [4.69, 9.17) is 9.47 Å². The molecule has 1 aliphatic heterocycles. The number of hydrogen-bond acceptors (Lipinski definition) is 4. The Bertz CT molecular complexity index is 948. The molecule has 2 heterocycles. The summed E-state index contributed by atoms with van der Waals surface area (Å²) in [6, 6.07) is 9.48. The maximum absolute atomic E-state index is 12.6. The van der Waals surface area contributed by atoms with Crippen LogP contribution in [-0.4, -0.2) is 23.7 Å². The van der Waals surface area contributed by atoms with Crippen LogP contribution in [0, 0.1) is 25.2 Å². The van der Waals surface area contributed by atoms with E-state index in [9.17, 15) is 10.1 Å². The molecular weight excluding hydrogens is 342 g/mol. The molecule has 6 heteroatoms. The van der Waals surface area contributed by atoms with Crippen molar-refractivity contribution >= 4 is 17.7 Å². The first kappa shape index (κ1) is 18.6. The Hall–Kier alpha value is -3.20. The topological polar surface area (TPSA) is 76.3 Å². The smallest absolute Gasteiger partial charge is 0.266 e. The molecule has 0 fully saturated rings. The third-order valence-corrected chi connectivity index (χ3v) is 4.50. The summed E-state index contributed by atoms with van der Waals surface area (Å²) in [5.74, 6) is 0.780. The fraction of sp³-hybridized carbons (Fsp3) is 0.333. The first-order valence-electron chi connectivity index (χ1n) is 8.92. The Labute approximate surface area is 159 Å². The number of rotatable bonds is 4. The Balaban J connectivity index is 1.84. The number of ether oxygens (including phenoxy) is 2. The normalized spacial score (nSPS) is 13.4. The maximum Gasteiger partial charge on any atom is 0.266 e. The van der Waals surface area contributed by atoms with Crippen molar-refractivity contribution in [3.8, 4) is 17.6 Å². The van der Waals surface area contributed by atoms with Crippen molar-refractivity contribution in [2.24, 2.45) is 0 Å². The lowest BCUT2D eigenvalue weighted by Crippen LogP contribution is -2.17. The van der Waals surface area contributed by atoms with Crippen LogP contribution in [0.5, 0.6) is 11.5 Å². The lowest BCUT2D eigenvalue weighted by molar-refractivity contribution is -0.112. The molecule has 3 rings (SSSR count). The van der Waals surface area contributed by atoms with Crippen molar-refractivity contribution in [1.82, 2.24) is 4.57 Å². The lowest BCUT2D eigenvalue weighted by Gasteiger charge is -2.18. The van der Waals surface area contributed by atoms with Crippen LogP contribution in [0.2, 0.25) is 0 Å². The van der Waals surface area contributed by atoms with Gasteiger partial charge in [0.25, 0.3) is 5.91 Å². The molecule has 2 aromatic rings. The second kappa shape index (κ2) is 7.58. The molecule has 0 saturated carbocycles. The van der Waals surface area contributed by atoms with Crippen molar-refractivity contribution in [3.05, 3.63) is 46.8 Å². The number of nitriles is 1. The molecule has 1 aliphatic rings. The fourth-order valence-electron chi connectivity index (χ4n) is 3.37. The van der Waals surface area contributed by atoms with Crippen LogP contribution in [-0.2, 0) is 4.79 Å². The number of anilines is 1. The highest BCUT2D eigenvalue weighted by atomic mass is 16.6. The number of fused-ring (bicyclic) bond motifs is 1. The van der Waals surface area contributed by atoms with Gasteiger partial charge in [-0.1, -0.05) is 0 Å². The van der Waals surface area contributed by atoms with Crippen molar-refractivity contribution in [2.45, 2.75) is 33.7 Å². The quantitative estimate of drug-likeness (QED) is 0.656. The fourth-order valence-corrected chi connectivity index (χ4v) is 3.37. The van der Waals surface area contributed by atoms with E-state index in [0.29, 0.717) is 36.4 Å². The van der Waals surface area contributed by atoms with Gasteiger partial charge in [-0.3, -0.25) is 4.79 Å². The highest BCUT2D eigenvalue weighted by Gasteiger charge is 2.16. The van der Waals surface area contributed by atoms with Crippen LogP contribution in [0.1, 0.15) is 36.8 Å². The minimum atomic E-state index is -0.455. The number of aryl methyl sites for hydroxylation is 1. The summed E-state index contributed by atoms with van der Waals surface area (Å²) in [5, 5.41) is 12.2. The molecule has 0 bridgehead atoms. The van der Waals surface area contributed by atoms with Crippen LogP contribution in [0.15, 0.2) is 29.8 Å². The van der Waals surface area contributed by atoms with Crippen LogP contribution in [0.3, 0.4) is 0 Å². The van der Waals surface area contributed by atoms with E-state index < -0.39 is 5.91 Å². The van der Waals surface area contributed by atoms with E-state index in [1.807, 2.05) is 26.0 Å². The van der Waals surface area contributed by atoms with Gasteiger partial charge in [-0.25, -0.2) is 0 Å². The van der Waals surface area contributed by atoms with E-state index in [-0.39, 0.29) is 5.57 Å². The first-order valence-corrected chi connectivity index (χ1v) is 8.92. The minimum Gasteiger partial charge on any atom is -0.486 e. The van der Waals surface area contributed by atoms with Gasteiger partial charge in [0, 0.05) is 29.2 Å². The van der Waals surface area contributed by atoms with Gasteiger partial charge in [0.05, 0.1) is 0 Å². The molecule has 1 amide bonds. The number of aromatic nitrogens is 1. The molecule has 1 aromatic carbocycles. The zero-order valence-electron chi connectivity index (χ0n) is 16.0. The van der Waals surface area contributed by atoms with Gasteiger partial charge in [0.15, 0.2) is 11.5 Å². The Morgan fingerprint density at radius 2 is 1.93 bits per heavy atom. The third-order valence-electron chi connectivity index (χ3n) is 4.50.